The molecule has 1 heterocycles. The zero-order valence-electron chi connectivity index (χ0n) is 13.6. The molecule has 2 aromatic rings. The Bertz CT molecular complexity index is 555. The second-order valence-electron chi connectivity index (χ2n) is 5.66. The van der Waals surface area contributed by atoms with E-state index in [2.05, 4.69) is 67.4 Å². The number of rotatable bonds is 7. The summed E-state index contributed by atoms with van der Waals surface area (Å²) in [6.07, 6.45) is 1.81. The Morgan fingerprint density at radius 1 is 1.05 bits per heavy atom. The summed E-state index contributed by atoms with van der Waals surface area (Å²) in [6, 6.07) is 9.26. The third-order valence-corrected chi connectivity index (χ3v) is 3.49. The molecule has 0 spiro atoms. The highest BCUT2D eigenvalue weighted by atomic mass is 15.3. The van der Waals surface area contributed by atoms with Gasteiger partial charge in [-0.25, -0.2) is 9.67 Å². The van der Waals surface area contributed by atoms with Gasteiger partial charge in [-0.15, -0.1) is 0 Å². The Hall–Kier alpha value is -1.68. The topological polar surface area (TPSA) is 42.7 Å². The van der Waals surface area contributed by atoms with Crippen molar-refractivity contribution in [3.63, 3.8) is 0 Å². The second-order valence-corrected chi connectivity index (χ2v) is 5.66. The van der Waals surface area contributed by atoms with E-state index in [9.17, 15) is 0 Å². The van der Waals surface area contributed by atoms with Gasteiger partial charge in [0.2, 0.25) is 0 Å². The van der Waals surface area contributed by atoms with Crippen molar-refractivity contribution in [3.8, 4) is 0 Å². The molecule has 0 saturated carbocycles. The van der Waals surface area contributed by atoms with Gasteiger partial charge in [-0.2, -0.15) is 5.10 Å². The van der Waals surface area contributed by atoms with Crippen LogP contribution in [0.25, 0.3) is 0 Å². The second kappa shape index (κ2) is 7.36. The predicted molar refractivity (Wildman–Crippen MR) is 86.3 cm³/mol. The van der Waals surface area contributed by atoms with E-state index in [0.29, 0.717) is 6.04 Å². The van der Waals surface area contributed by atoms with Gasteiger partial charge >= 0.3 is 0 Å². The molecule has 0 saturated heterocycles. The summed E-state index contributed by atoms with van der Waals surface area (Å²) in [5.74, 6) is 2.00. The van der Waals surface area contributed by atoms with E-state index in [1.165, 1.54) is 11.1 Å². The fourth-order valence-electron chi connectivity index (χ4n) is 2.22. The highest BCUT2D eigenvalue weighted by Gasteiger charge is 2.07. The minimum absolute atomic E-state index is 0.513. The maximum Gasteiger partial charge on any atom is 0.150 e. The van der Waals surface area contributed by atoms with Crippen molar-refractivity contribution in [1.82, 2.24) is 20.1 Å². The van der Waals surface area contributed by atoms with Crippen molar-refractivity contribution in [1.29, 1.82) is 0 Å². The zero-order chi connectivity index (χ0) is 15.2. The standard InChI is InChI=1S/C17H26N4/c1-5-16-19-17(6-2)21(20-16)12-15-9-7-14(8-10-15)11-18-13(3)4/h7-10,13,18H,5-6,11-12H2,1-4H3. The molecule has 1 aromatic heterocycles. The molecule has 1 aromatic carbocycles. The van der Waals surface area contributed by atoms with Crippen LogP contribution >= 0.6 is 0 Å². The number of benzene rings is 1. The number of aryl methyl sites for hydroxylation is 2. The quantitative estimate of drug-likeness (QED) is 0.851. The minimum atomic E-state index is 0.513. The number of nitrogens with zero attached hydrogens (tertiary/aromatic N) is 3. The van der Waals surface area contributed by atoms with Gasteiger partial charge in [0.15, 0.2) is 5.82 Å². The highest BCUT2D eigenvalue weighted by molar-refractivity contribution is 5.23. The first-order valence-electron chi connectivity index (χ1n) is 7.86. The number of hydrogen-bond acceptors (Lipinski definition) is 3. The van der Waals surface area contributed by atoms with Crippen molar-refractivity contribution in [2.45, 2.75) is 59.7 Å². The summed E-state index contributed by atoms with van der Waals surface area (Å²) < 4.78 is 2.03. The van der Waals surface area contributed by atoms with Gasteiger partial charge < -0.3 is 5.32 Å². The molecule has 2 rings (SSSR count). The monoisotopic (exact) mass is 286 g/mol. The van der Waals surface area contributed by atoms with Crippen LogP contribution in [0.4, 0.5) is 0 Å². The molecule has 0 amide bonds. The molecule has 0 aliphatic rings. The Morgan fingerprint density at radius 2 is 1.71 bits per heavy atom. The molecule has 0 aliphatic heterocycles. The van der Waals surface area contributed by atoms with E-state index in [1.807, 2.05) is 4.68 Å². The smallest absolute Gasteiger partial charge is 0.150 e. The Kier molecular flexibility index (Phi) is 5.51. The Morgan fingerprint density at radius 3 is 2.29 bits per heavy atom. The van der Waals surface area contributed by atoms with Crippen molar-refractivity contribution in [2.75, 3.05) is 0 Å². The van der Waals surface area contributed by atoms with Crippen LogP contribution in [0.3, 0.4) is 0 Å². The van der Waals surface area contributed by atoms with E-state index in [4.69, 9.17) is 0 Å². The normalized spacial score (nSPS) is 11.3. The van der Waals surface area contributed by atoms with Crippen LogP contribution in [-0.2, 0) is 25.9 Å². The molecule has 0 radical (unpaired) electrons. The van der Waals surface area contributed by atoms with Gasteiger partial charge in [-0.1, -0.05) is 52.0 Å². The first kappa shape index (κ1) is 15.7. The SMILES string of the molecule is CCc1nc(CC)n(Cc2ccc(CNC(C)C)cc2)n1. The molecular formula is C17H26N4. The fraction of sp³-hybridized carbons (Fsp3) is 0.529. The van der Waals surface area contributed by atoms with Crippen LogP contribution in [0.15, 0.2) is 24.3 Å². The van der Waals surface area contributed by atoms with Crippen LogP contribution in [0.2, 0.25) is 0 Å². The summed E-state index contributed by atoms with van der Waals surface area (Å²) in [4.78, 5) is 4.55. The van der Waals surface area contributed by atoms with Crippen LogP contribution in [0.5, 0.6) is 0 Å². The summed E-state index contributed by atoms with van der Waals surface area (Å²) in [5, 5.41) is 8.00. The van der Waals surface area contributed by atoms with Crippen LogP contribution in [-0.4, -0.2) is 20.8 Å². The molecule has 114 valence electrons. The van der Waals surface area contributed by atoms with Crippen molar-refractivity contribution >= 4 is 0 Å². The van der Waals surface area contributed by atoms with Crippen molar-refractivity contribution < 1.29 is 0 Å². The first-order chi connectivity index (χ1) is 10.1. The first-order valence-corrected chi connectivity index (χ1v) is 7.86. The predicted octanol–water partition coefficient (Wildman–Crippen LogP) is 2.95. The van der Waals surface area contributed by atoms with E-state index < -0.39 is 0 Å². The van der Waals surface area contributed by atoms with Crippen LogP contribution in [0, 0.1) is 0 Å². The molecule has 4 heteroatoms. The molecule has 0 atom stereocenters. The van der Waals surface area contributed by atoms with E-state index in [0.717, 1.165) is 37.6 Å². The molecule has 4 nitrogen and oxygen atoms in total. The number of hydrogen-bond donors (Lipinski definition) is 1. The van der Waals surface area contributed by atoms with E-state index in [1.54, 1.807) is 0 Å². The average Bonchev–Trinajstić information content (AvgIpc) is 2.88. The highest BCUT2D eigenvalue weighted by Crippen LogP contribution is 2.09. The molecule has 21 heavy (non-hydrogen) atoms. The summed E-state index contributed by atoms with van der Waals surface area (Å²) in [6.45, 7) is 10.3. The van der Waals surface area contributed by atoms with Gasteiger partial charge in [0.1, 0.15) is 5.82 Å². The lowest BCUT2D eigenvalue weighted by Crippen LogP contribution is -2.21. The van der Waals surface area contributed by atoms with Gasteiger partial charge in [0.25, 0.3) is 0 Å². The maximum absolute atomic E-state index is 4.57. The lowest BCUT2D eigenvalue weighted by Gasteiger charge is -2.09. The third-order valence-electron chi connectivity index (χ3n) is 3.49. The summed E-state index contributed by atoms with van der Waals surface area (Å²) in [5.41, 5.74) is 2.58. The zero-order valence-corrected chi connectivity index (χ0v) is 13.6. The maximum atomic E-state index is 4.57. The molecule has 1 N–H and O–H groups in total. The Labute approximate surface area is 127 Å². The molecule has 0 unspecified atom stereocenters. The number of aromatic nitrogens is 3. The van der Waals surface area contributed by atoms with Crippen molar-refractivity contribution in [3.05, 3.63) is 47.0 Å². The summed E-state index contributed by atoms with van der Waals surface area (Å²) >= 11 is 0. The summed E-state index contributed by atoms with van der Waals surface area (Å²) in [7, 11) is 0. The third kappa shape index (κ3) is 4.39. The minimum Gasteiger partial charge on any atom is -0.310 e. The lowest BCUT2D eigenvalue weighted by atomic mass is 10.1. The molecule has 0 bridgehead atoms. The van der Waals surface area contributed by atoms with Gasteiger partial charge in [-0.05, 0) is 11.1 Å². The average molecular weight is 286 g/mol. The van der Waals surface area contributed by atoms with E-state index >= 15 is 0 Å². The van der Waals surface area contributed by atoms with Gasteiger partial charge in [0.05, 0.1) is 6.54 Å². The molecule has 0 aliphatic carbocycles. The Balaban J connectivity index is 2.04. The van der Waals surface area contributed by atoms with Crippen LogP contribution in [0.1, 0.15) is 50.5 Å². The largest absolute Gasteiger partial charge is 0.310 e. The van der Waals surface area contributed by atoms with E-state index in [-0.39, 0.29) is 0 Å². The van der Waals surface area contributed by atoms with Gasteiger partial charge in [-0.3, -0.25) is 0 Å². The molecule has 0 fully saturated rings. The van der Waals surface area contributed by atoms with Gasteiger partial charge in [0, 0.05) is 25.4 Å². The van der Waals surface area contributed by atoms with Crippen molar-refractivity contribution in [2.24, 2.45) is 0 Å². The lowest BCUT2D eigenvalue weighted by molar-refractivity contribution is 0.588. The fourth-order valence-corrected chi connectivity index (χ4v) is 2.22. The number of nitrogens with one attached hydrogen (secondary N) is 1. The van der Waals surface area contributed by atoms with Crippen LogP contribution < -0.4 is 5.32 Å². The molecular weight excluding hydrogens is 260 g/mol.